The minimum absolute atomic E-state index is 0.356. The monoisotopic (exact) mass is 365 g/mol. The lowest BCUT2D eigenvalue weighted by Gasteiger charge is -2.31. The van der Waals surface area contributed by atoms with Gasteiger partial charge in [-0.1, -0.05) is 67.1 Å². The van der Waals surface area contributed by atoms with Gasteiger partial charge in [0.2, 0.25) is 5.91 Å². The summed E-state index contributed by atoms with van der Waals surface area (Å²) in [6, 6.07) is 13.7. The van der Waals surface area contributed by atoms with Gasteiger partial charge >= 0.3 is 6.18 Å². The Hall–Kier alpha value is -2.34. The molecule has 0 aliphatic carbocycles. The lowest BCUT2D eigenvalue weighted by atomic mass is 9.89. The molecule has 0 radical (unpaired) electrons. The normalized spacial score (nSPS) is 15.2. The standard InChI is InChI=1S/C20H22F3NO2/c1-3-17(15-11-9-14(2)10-12-15)24-18(25)13-19(26,20(21,22)23)16-7-5-4-6-8-16/h4-12,17,26H,3,13H2,1-2H3,(H,24,25)/t17-,19-/m1/s1. The predicted molar refractivity (Wildman–Crippen MR) is 93.4 cm³/mol. The number of hydrogen-bond acceptors (Lipinski definition) is 2. The highest BCUT2D eigenvalue weighted by Crippen LogP contribution is 2.41. The van der Waals surface area contributed by atoms with Crippen molar-refractivity contribution in [3.05, 3.63) is 71.3 Å². The van der Waals surface area contributed by atoms with E-state index in [1.807, 2.05) is 38.1 Å². The van der Waals surface area contributed by atoms with Crippen molar-refractivity contribution < 1.29 is 23.1 Å². The summed E-state index contributed by atoms with van der Waals surface area (Å²) >= 11 is 0. The quantitative estimate of drug-likeness (QED) is 0.797. The van der Waals surface area contributed by atoms with Gasteiger partial charge in [0.1, 0.15) is 0 Å². The molecule has 6 heteroatoms. The minimum atomic E-state index is -4.97. The molecule has 0 bridgehead atoms. The molecule has 0 fully saturated rings. The van der Waals surface area contributed by atoms with E-state index in [9.17, 15) is 23.1 Å². The molecular weight excluding hydrogens is 343 g/mol. The molecule has 0 aliphatic heterocycles. The van der Waals surface area contributed by atoms with E-state index in [0.29, 0.717) is 6.42 Å². The number of aryl methyl sites for hydroxylation is 1. The van der Waals surface area contributed by atoms with Crippen LogP contribution in [0.3, 0.4) is 0 Å². The van der Waals surface area contributed by atoms with Gasteiger partial charge in [0.05, 0.1) is 12.5 Å². The van der Waals surface area contributed by atoms with Crippen molar-refractivity contribution in [3.63, 3.8) is 0 Å². The molecule has 2 aromatic rings. The number of alkyl halides is 3. The van der Waals surface area contributed by atoms with Crippen LogP contribution in [-0.2, 0) is 10.4 Å². The molecular formula is C20H22F3NO2. The van der Waals surface area contributed by atoms with Crippen molar-refractivity contribution in [3.8, 4) is 0 Å². The maximum atomic E-state index is 13.5. The molecule has 2 N–H and O–H groups in total. The van der Waals surface area contributed by atoms with E-state index in [1.54, 1.807) is 6.07 Å². The maximum absolute atomic E-state index is 13.5. The zero-order chi connectivity index (χ0) is 19.4. The molecule has 0 heterocycles. The van der Waals surface area contributed by atoms with Crippen molar-refractivity contribution in [2.45, 2.75) is 44.5 Å². The summed E-state index contributed by atoms with van der Waals surface area (Å²) in [5.74, 6) is -0.860. The molecule has 0 saturated carbocycles. The Morgan fingerprint density at radius 2 is 1.65 bits per heavy atom. The number of nitrogens with one attached hydrogen (secondary N) is 1. The lowest BCUT2D eigenvalue weighted by Crippen LogP contribution is -2.46. The topological polar surface area (TPSA) is 49.3 Å². The fraction of sp³-hybridized carbons (Fsp3) is 0.350. The average molecular weight is 365 g/mol. The maximum Gasteiger partial charge on any atom is 0.421 e. The van der Waals surface area contributed by atoms with Crippen LogP contribution < -0.4 is 5.32 Å². The van der Waals surface area contributed by atoms with Crippen molar-refractivity contribution >= 4 is 5.91 Å². The zero-order valence-electron chi connectivity index (χ0n) is 14.7. The average Bonchev–Trinajstić information content (AvgIpc) is 2.60. The van der Waals surface area contributed by atoms with Crippen molar-refractivity contribution in [2.24, 2.45) is 0 Å². The second-order valence-electron chi connectivity index (χ2n) is 6.34. The number of aliphatic hydroxyl groups is 1. The van der Waals surface area contributed by atoms with E-state index in [1.165, 1.54) is 12.1 Å². The van der Waals surface area contributed by atoms with Crippen LogP contribution in [0.2, 0.25) is 0 Å². The van der Waals surface area contributed by atoms with Gasteiger partial charge in [-0.05, 0) is 24.5 Å². The van der Waals surface area contributed by atoms with E-state index in [4.69, 9.17) is 0 Å². The molecule has 0 aliphatic rings. The second-order valence-corrected chi connectivity index (χ2v) is 6.34. The Morgan fingerprint density at radius 1 is 1.08 bits per heavy atom. The van der Waals surface area contributed by atoms with Gasteiger partial charge in [-0.2, -0.15) is 13.2 Å². The van der Waals surface area contributed by atoms with Crippen LogP contribution in [0, 0.1) is 6.92 Å². The summed E-state index contributed by atoms with van der Waals surface area (Å²) < 4.78 is 40.5. The van der Waals surface area contributed by atoms with E-state index in [2.05, 4.69) is 5.32 Å². The number of rotatable bonds is 6. The van der Waals surface area contributed by atoms with E-state index >= 15 is 0 Å². The molecule has 2 rings (SSSR count). The van der Waals surface area contributed by atoms with Crippen LogP contribution in [0.15, 0.2) is 54.6 Å². The Morgan fingerprint density at radius 3 is 2.15 bits per heavy atom. The summed E-state index contributed by atoms with van der Waals surface area (Å²) in [4.78, 5) is 12.3. The fourth-order valence-electron chi connectivity index (χ4n) is 2.78. The number of halogens is 3. The summed E-state index contributed by atoms with van der Waals surface area (Å²) in [7, 11) is 0. The first-order valence-corrected chi connectivity index (χ1v) is 8.38. The number of benzene rings is 2. The van der Waals surface area contributed by atoms with E-state index in [0.717, 1.165) is 23.3 Å². The van der Waals surface area contributed by atoms with Crippen LogP contribution in [0.1, 0.15) is 42.5 Å². The SMILES string of the molecule is CC[C@@H](NC(=O)C[C@@](O)(c1ccccc1)C(F)(F)F)c1ccc(C)cc1. The molecule has 2 atom stereocenters. The Kier molecular flexibility index (Phi) is 6.08. The molecule has 3 nitrogen and oxygen atoms in total. The van der Waals surface area contributed by atoms with Crippen molar-refractivity contribution in [1.82, 2.24) is 5.32 Å². The first-order valence-electron chi connectivity index (χ1n) is 8.38. The summed E-state index contributed by atoms with van der Waals surface area (Å²) in [5.41, 5.74) is -1.73. The minimum Gasteiger partial charge on any atom is -0.376 e. The van der Waals surface area contributed by atoms with Crippen LogP contribution in [-0.4, -0.2) is 17.2 Å². The van der Waals surface area contributed by atoms with Gasteiger partial charge in [0, 0.05) is 0 Å². The van der Waals surface area contributed by atoms with Gasteiger partial charge in [0.25, 0.3) is 0 Å². The molecule has 2 aromatic carbocycles. The summed E-state index contributed by atoms with van der Waals surface area (Å²) in [5, 5.41) is 12.9. The molecule has 0 saturated heterocycles. The van der Waals surface area contributed by atoms with Crippen LogP contribution in [0.5, 0.6) is 0 Å². The smallest absolute Gasteiger partial charge is 0.376 e. The highest BCUT2D eigenvalue weighted by atomic mass is 19.4. The number of carbonyl (C=O) groups is 1. The highest BCUT2D eigenvalue weighted by molar-refractivity contribution is 5.78. The zero-order valence-corrected chi connectivity index (χ0v) is 14.7. The lowest BCUT2D eigenvalue weighted by molar-refractivity contribution is -0.267. The van der Waals surface area contributed by atoms with E-state index in [-0.39, 0.29) is 5.56 Å². The second kappa shape index (κ2) is 7.91. The van der Waals surface area contributed by atoms with Gasteiger partial charge < -0.3 is 10.4 Å². The van der Waals surface area contributed by atoms with Gasteiger partial charge in [-0.15, -0.1) is 0 Å². The van der Waals surface area contributed by atoms with E-state index < -0.39 is 30.1 Å². The molecule has 0 aromatic heterocycles. The predicted octanol–water partition coefficient (Wildman–Crippen LogP) is 4.40. The fourth-order valence-corrected chi connectivity index (χ4v) is 2.78. The molecule has 0 spiro atoms. The molecule has 140 valence electrons. The third-order valence-electron chi connectivity index (χ3n) is 4.36. The Labute approximate surface area is 150 Å². The van der Waals surface area contributed by atoms with Crippen LogP contribution in [0.4, 0.5) is 13.2 Å². The summed E-state index contributed by atoms with van der Waals surface area (Å²) in [6.07, 6.45) is -5.55. The van der Waals surface area contributed by atoms with Crippen molar-refractivity contribution in [1.29, 1.82) is 0 Å². The highest BCUT2D eigenvalue weighted by Gasteiger charge is 2.56. The first-order chi connectivity index (χ1) is 12.2. The van der Waals surface area contributed by atoms with Crippen LogP contribution >= 0.6 is 0 Å². The largest absolute Gasteiger partial charge is 0.421 e. The van der Waals surface area contributed by atoms with Gasteiger partial charge in [-0.3, -0.25) is 4.79 Å². The number of hydrogen-bond donors (Lipinski definition) is 2. The third kappa shape index (κ3) is 4.43. The Bertz CT molecular complexity index is 729. The number of amides is 1. The Balaban J connectivity index is 2.20. The van der Waals surface area contributed by atoms with Gasteiger partial charge in [0.15, 0.2) is 5.60 Å². The molecule has 26 heavy (non-hydrogen) atoms. The first kappa shape index (κ1) is 20.0. The number of carbonyl (C=O) groups excluding carboxylic acids is 1. The van der Waals surface area contributed by atoms with Gasteiger partial charge in [-0.25, -0.2) is 0 Å². The molecule has 1 amide bonds. The molecule has 0 unspecified atom stereocenters. The van der Waals surface area contributed by atoms with Crippen LogP contribution in [0.25, 0.3) is 0 Å². The summed E-state index contributed by atoms with van der Waals surface area (Å²) in [6.45, 7) is 3.75. The van der Waals surface area contributed by atoms with Crippen molar-refractivity contribution in [2.75, 3.05) is 0 Å². The third-order valence-corrected chi connectivity index (χ3v) is 4.36.